The van der Waals surface area contributed by atoms with Crippen LogP contribution in [0.5, 0.6) is 5.75 Å². The summed E-state index contributed by atoms with van der Waals surface area (Å²) in [5, 5.41) is 5.15. The van der Waals surface area contributed by atoms with Gasteiger partial charge in [0.25, 0.3) is 0 Å². The van der Waals surface area contributed by atoms with Crippen LogP contribution in [0.15, 0.2) is 66.7 Å². The van der Waals surface area contributed by atoms with Crippen molar-refractivity contribution in [1.82, 2.24) is 0 Å². The molecule has 0 aromatic heterocycles. The zero-order chi connectivity index (χ0) is 21.3. The molecule has 1 unspecified atom stereocenters. The summed E-state index contributed by atoms with van der Waals surface area (Å²) in [5.74, 6) is -0.236. The van der Waals surface area contributed by atoms with Gasteiger partial charge in [0.1, 0.15) is 12.4 Å². The average molecular weight is 460 g/mol. The molecule has 0 fully saturated rings. The molecule has 0 saturated heterocycles. The molecule has 0 aliphatic rings. The second kappa shape index (κ2) is 8.73. The highest BCUT2D eigenvalue weighted by Crippen LogP contribution is 2.34. The van der Waals surface area contributed by atoms with Gasteiger partial charge in [0.05, 0.1) is 15.1 Å². The van der Waals surface area contributed by atoms with Crippen LogP contribution in [0.1, 0.15) is 12.5 Å². The smallest absolute Gasteiger partial charge is 0.347 e. The monoisotopic (exact) mass is 458 g/mol. The lowest BCUT2D eigenvalue weighted by Gasteiger charge is -2.17. The van der Waals surface area contributed by atoms with E-state index in [-0.39, 0.29) is 17.4 Å². The van der Waals surface area contributed by atoms with Gasteiger partial charge in [0.2, 0.25) is 0 Å². The third-order valence-corrected chi connectivity index (χ3v) is 5.87. The van der Waals surface area contributed by atoms with Crippen LogP contribution in [-0.4, -0.2) is 12.1 Å². The van der Waals surface area contributed by atoms with E-state index in [1.165, 1.54) is 12.1 Å². The first-order chi connectivity index (χ1) is 14.4. The first-order valence-corrected chi connectivity index (χ1v) is 10.4. The fourth-order valence-corrected chi connectivity index (χ4v) is 3.94. The lowest BCUT2D eigenvalue weighted by atomic mass is 9.97. The minimum atomic E-state index is -0.874. The van der Waals surface area contributed by atoms with E-state index >= 15 is 0 Å². The van der Waals surface area contributed by atoms with Crippen LogP contribution in [0.2, 0.25) is 15.1 Å². The molecule has 4 rings (SSSR count). The van der Waals surface area contributed by atoms with Gasteiger partial charge in [0.15, 0.2) is 6.10 Å². The molecule has 0 spiro atoms. The molecule has 1 atom stereocenters. The Balaban J connectivity index is 1.56. The standard InChI is InChI=1S/C24H17Cl3O3/c1-14(30-23-12-21(26)20(25)11-22(23)27)24(28)29-13-19-17-8-4-2-6-15(17)10-16-7-3-5-9-18(16)19/h2-12,14H,13H2,1H3. The zero-order valence-electron chi connectivity index (χ0n) is 16.0. The fraction of sp³-hybridized carbons (Fsp3) is 0.125. The molecule has 30 heavy (non-hydrogen) atoms. The lowest BCUT2D eigenvalue weighted by molar-refractivity contribution is -0.152. The Morgan fingerprint density at radius 3 is 2.03 bits per heavy atom. The van der Waals surface area contributed by atoms with Crippen molar-refractivity contribution >= 4 is 62.3 Å². The summed E-state index contributed by atoms with van der Waals surface area (Å²) in [4.78, 5) is 12.6. The van der Waals surface area contributed by atoms with Crippen molar-refractivity contribution in [2.45, 2.75) is 19.6 Å². The van der Waals surface area contributed by atoms with Crippen LogP contribution in [-0.2, 0) is 16.1 Å². The maximum atomic E-state index is 12.6. The summed E-state index contributed by atoms with van der Waals surface area (Å²) in [5.41, 5.74) is 0.955. The molecule has 6 heteroatoms. The van der Waals surface area contributed by atoms with Crippen LogP contribution in [0, 0.1) is 0 Å². The Bertz CT molecular complexity index is 1200. The Morgan fingerprint density at radius 2 is 1.40 bits per heavy atom. The first kappa shape index (κ1) is 20.8. The van der Waals surface area contributed by atoms with Crippen LogP contribution in [0.3, 0.4) is 0 Å². The number of rotatable bonds is 5. The maximum absolute atomic E-state index is 12.6. The number of ether oxygens (including phenoxy) is 2. The Morgan fingerprint density at radius 1 is 0.833 bits per heavy atom. The van der Waals surface area contributed by atoms with Crippen LogP contribution in [0.4, 0.5) is 0 Å². The van der Waals surface area contributed by atoms with E-state index in [4.69, 9.17) is 44.3 Å². The minimum absolute atomic E-state index is 0.128. The van der Waals surface area contributed by atoms with E-state index in [2.05, 4.69) is 6.07 Å². The third kappa shape index (κ3) is 4.20. The van der Waals surface area contributed by atoms with E-state index in [0.717, 1.165) is 27.1 Å². The Kier molecular flexibility index (Phi) is 6.05. The van der Waals surface area contributed by atoms with Gasteiger partial charge in [-0.3, -0.25) is 0 Å². The van der Waals surface area contributed by atoms with E-state index in [9.17, 15) is 4.79 Å². The van der Waals surface area contributed by atoms with Gasteiger partial charge in [-0.1, -0.05) is 83.3 Å². The van der Waals surface area contributed by atoms with E-state index in [1.807, 2.05) is 48.5 Å². The molecule has 0 aliphatic heterocycles. The van der Waals surface area contributed by atoms with Gasteiger partial charge in [-0.05, 0) is 40.6 Å². The van der Waals surface area contributed by atoms with Crippen molar-refractivity contribution in [3.63, 3.8) is 0 Å². The molecule has 0 aliphatic carbocycles. The molecule has 0 heterocycles. The summed E-state index contributed by atoms with van der Waals surface area (Å²) < 4.78 is 11.3. The van der Waals surface area contributed by atoms with Gasteiger partial charge in [-0.2, -0.15) is 0 Å². The molecule has 0 radical (unpaired) electrons. The molecule has 0 saturated carbocycles. The van der Waals surface area contributed by atoms with Gasteiger partial charge in [-0.15, -0.1) is 0 Å². The quantitative estimate of drug-likeness (QED) is 0.176. The first-order valence-electron chi connectivity index (χ1n) is 9.31. The predicted octanol–water partition coefficient (Wildman–Crippen LogP) is 7.46. The number of halogens is 3. The molecule has 0 N–H and O–H groups in total. The summed E-state index contributed by atoms with van der Waals surface area (Å²) >= 11 is 18.1. The summed E-state index contributed by atoms with van der Waals surface area (Å²) in [6.07, 6.45) is -0.874. The zero-order valence-corrected chi connectivity index (χ0v) is 18.3. The largest absolute Gasteiger partial charge is 0.477 e. The molecular weight excluding hydrogens is 443 g/mol. The third-order valence-electron chi connectivity index (χ3n) is 4.85. The van der Waals surface area contributed by atoms with Crippen LogP contribution < -0.4 is 4.74 Å². The average Bonchev–Trinajstić information content (AvgIpc) is 2.74. The topological polar surface area (TPSA) is 35.5 Å². The van der Waals surface area contributed by atoms with Crippen LogP contribution >= 0.6 is 34.8 Å². The van der Waals surface area contributed by atoms with Crippen molar-refractivity contribution in [2.75, 3.05) is 0 Å². The van der Waals surface area contributed by atoms with Crippen molar-refractivity contribution in [3.05, 3.63) is 87.4 Å². The summed E-state index contributed by atoms with van der Waals surface area (Å²) in [6, 6.07) is 21.2. The van der Waals surface area contributed by atoms with Gasteiger partial charge < -0.3 is 9.47 Å². The molecule has 4 aromatic rings. The number of hydrogen-bond donors (Lipinski definition) is 0. The minimum Gasteiger partial charge on any atom is -0.477 e. The molecular formula is C24H17Cl3O3. The highest BCUT2D eigenvalue weighted by molar-refractivity contribution is 6.43. The van der Waals surface area contributed by atoms with Gasteiger partial charge in [-0.25, -0.2) is 4.79 Å². The highest BCUT2D eigenvalue weighted by Gasteiger charge is 2.20. The number of carbonyl (C=O) groups is 1. The molecule has 0 amide bonds. The van der Waals surface area contributed by atoms with Crippen molar-refractivity contribution in [1.29, 1.82) is 0 Å². The van der Waals surface area contributed by atoms with E-state index in [1.54, 1.807) is 6.92 Å². The number of benzene rings is 4. The van der Waals surface area contributed by atoms with Crippen LogP contribution in [0.25, 0.3) is 21.5 Å². The second-order valence-electron chi connectivity index (χ2n) is 6.86. The predicted molar refractivity (Wildman–Crippen MR) is 123 cm³/mol. The van der Waals surface area contributed by atoms with E-state index < -0.39 is 12.1 Å². The second-order valence-corrected chi connectivity index (χ2v) is 8.08. The van der Waals surface area contributed by atoms with Crippen molar-refractivity contribution in [2.24, 2.45) is 0 Å². The normalized spacial score (nSPS) is 12.1. The van der Waals surface area contributed by atoms with Crippen molar-refractivity contribution < 1.29 is 14.3 Å². The lowest BCUT2D eigenvalue weighted by Crippen LogP contribution is -2.26. The molecule has 4 aromatic carbocycles. The number of fused-ring (bicyclic) bond motifs is 2. The van der Waals surface area contributed by atoms with Crippen molar-refractivity contribution in [3.8, 4) is 5.75 Å². The maximum Gasteiger partial charge on any atom is 0.347 e. The van der Waals surface area contributed by atoms with Gasteiger partial charge >= 0.3 is 5.97 Å². The highest BCUT2D eigenvalue weighted by atomic mass is 35.5. The summed E-state index contributed by atoms with van der Waals surface area (Å²) in [7, 11) is 0. The molecule has 152 valence electrons. The summed E-state index contributed by atoms with van der Waals surface area (Å²) in [6.45, 7) is 1.73. The number of hydrogen-bond acceptors (Lipinski definition) is 3. The molecule has 3 nitrogen and oxygen atoms in total. The Hall–Kier alpha value is -2.46. The Labute approximate surface area is 189 Å². The number of carbonyl (C=O) groups excluding carboxylic acids is 1. The van der Waals surface area contributed by atoms with E-state index in [0.29, 0.717) is 10.0 Å². The fourth-order valence-electron chi connectivity index (χ4n) is 3.36. The molecule has 0 bridgehead atoms. The SMILES string of the molecule is CC(Oc1cc(Cl)c(Cl)cc1Cl)C(=O)OCc1c2ccccc2cc2ccccc12. The number of esters is 1. The van der Waals surface area contributed by atoms with Gasteiger partial charge in [0, 0.05) is 11.6 Å².